The Hall–Kier alpha value is -2.88. The Morgan fingerprint density at radius 3 is 2.43 bits per heavy atom. The van der Waals surface area contributed by atoms with E-state index in [-0.39, 0.29) is 53.0 Å². The summed E-state index contributed by atoms with van der Waals surface area (Å²) in [6.07, 6.45) is 1.61. The third-order valence-corrected chi connectivity index (χ3v) is 6.79. The lowest BCUT2D eigenvalue weighted by molar-refractivity contribution is -0.123. The fourth-order valence-electron chi connectivity index (χ4n) is 4.39. The highest BCUT2D eigenvalue weighted by Crippen LogP contribution is 2.36. The van der Waals surface area contributed by atoms with Crippen molar-refractivity contribution >= 4 is 23.3 Å². The van der Waals surface area contributed by atoms with Crippen molar-refractivity contribution in [1.82, 2.24) is 25.5 Å². The zero-order valence-electron chi connectivity index (χ0n) is 22.0. The van der Waals surface area contributed by atoms with E-state index in [2.05, 4.69) is 45.2 Å². The Morgan fingerprint density at radius 2 is 1.86 bits per heavy atom. The van der Waals surface area contributed by atoms with Crippen LogP contribution in [0, 0.1) is 5.92 Å². The molecule has 37 heavy (non-hydrogen) atoms. The Morgan fingerprint density at radius 1 is 1.19 bits per heavy atom. The molecule has 0 saturated heterocycles. The molecule has 0 aromatic carbocycles. The minimum atomic E-state index is -4.70. The van der Waals surface area contributed by atoms with Gasteiger partial charge in [-0.05, 0) is 59.2 Å². The van der Waals surface area contributed by atoms with Crippen LogP contribution >= 0.6 is 0 Å². The van der Waals surface area contributed by atoms with Crippen LogP contribution in [0.25, 0.3) is 17.3 Å². The number of hydrogen-bond donors (Lipinski definition) is 2. The normalized spacial score (nSPS) is 20.4. The summed E-state index contributed by atoms with van der Waals surface area (Å²) in [6, 6.07) is -0.162. The molecule has 10 heteroatoms. The second-order valence-electron chi connectivity index (χ2n) is 10.2. The Bertz CT molecular complexity index is 1020. The summed E-state index contributed by atoms with van der Waals surface area (Å²) >= 11 is 0. The minimum Gasteiger partial charge on any atom is -0.460 e. The number of carbonyl (C=O) groups is 1. The second-order valence-corrected chi connectivity index (χ2v) is 10.2. The van der Waals surface area contributed by atoms with Gasteiger partial charge in [0.1, 0.15) is 11.8 Å². The Labute approximate surface area is 217 Å². The van der Waals surface area contributed by atoms with Crippen molar-refractivity contribution < 1.29 is 22.7 Å². The van der Waals surface area contributed by atoms with Crippen LogP contribution in [-0.4, -0.2) is 65.8 Å². The van der Waals surface area contributed by atoms with Gasteiger partial charge in [0.2, 0.25) is 5.91 Å². The molecule has 1 heterocycles. The molecule has 204 valence electrons. The molecule has 2 aliphatic carbocycles. The lowest BCUT2D eigenvalue weighted by Gasteiger charge is -2.24. The monoisotopic (exact) mass is 521 g/mol. The summed E-state index contributed by atoms with van der Waals surface area (Å²) in [6.45, 7) is 13.9. The summed E-state index contributed by atoms with van der Waals surface area (Å²) in [5.74, 6) is 0.168. The molecule has 0 radical (unpaired) electrons. The average molecular weight is 522 g/mol. The van der Waals surface area contributed by atoms with E-state index in [4.69, 9.17) is 4.74 Å². The van der Waals surface area contributed by atoms with E-state index in [1.165, 1.54) is 6.08 Å². The first-order valence-corrected chi connectivity index (χ1v) is 12.8. The van der Waals surface area contributed by atoms with Gasteiger partial charge >= 0.3 is 12.2 Å². The number of alkyl halides is 3. The largest absolute Gasteiger partial charge is 0.460 e. The van der Waals surface area contributed by atoms with Crippen LogP contribution in [-0.2, 0) is 4.79 Å². The number of nitrogens with zero attached hydrogens (tertiary/aromatic N) is 3. The lowest BCUT2D eigenvalue weighted by atomic mass is 10.0. The summed E-state index contributed by atoms with van der Waals surface area (Å²) in [7, 11) is 3.96. The summed E-state index contributed by atoms with van der Waals surface area (Å²) in [4.78, 5) is 22.7. The van der Waals surface area contributed by atoms with E-state index < -0.39 is 11.7 Å². The average Bonchev–Trinajstić information content (AvgIpc) is 3.61. The third kappa shape index (κ3) is 7.80. The molecule has 2 N–H and O–H groups in total. The van der Waals surface area contributed by atoms with E-state index in [9.17, 15) is 18.0 Å². The number of carbonyl (C=O) groups excluding carboxylic acids is 1. The molecular formula is C27H38F3N5O2. The summed E-state index contributed by atoms with van der Waals surface area (Å²) in [5.41, 5.74) is -0.839. The van der Waals surface area contributed by atoms with Gasteiger partial charge in [-0.15, -0.1) is 0 Å². The molecule has 2 aliphatic rings. The van der Waals surface area contributed by atoms with Crippen LogP contribution in [0.1, 0.15) is 68.8 Å². The van der Waals surface area contributed by atoms with E-state index in [0.717, 1.165) is 38.6 Å². The molecule has 0 aliphatic heterocycles. The van der Waals surface area contributed by atoms with Gasteiger partial charge in [0.25, 0.3) is 0 Å². The smallest absolute Gasteiger partial charge is 0.417 e. The first kappa shape index (κ1) is 28.7. The van der Waals surface area contributed by atoms with E-state index >= 15 is 0 Å². The molecule has 2 fully saturated rings. The SMILES string of the molecule is C=Cc1c(C(=C)NC(CC)CCN(C)C)nc(OC2CCC(NC(=O)C3CC3)C2)nc1C(=C)C(F)(F)F. The topological polar surface area (TPSA) is 79.4 Å². The fourth-order valence-corrected chi connectivity index (χ4v) is 4.39. The molecule has 1 amide bonds. The number of amides is 1. The molecule has 1 aromatic heterocycles. The van der Waals surface area contributed by atoms with Gasteiger partial charge in [0.05, 0.1) is 17.0 Å². The highest BCUT2D eigenvalue weighted by Gasteiger charge is 2.37. The quantitative estimate of drug-likeness (QED) is 0.388. The lowest BCUT2D eigenvalue weighted by Crippen LogP contribution is -2.34. The number of nitrogens with one attached hydrogen (secondary N) is 2. The zero-order valence-corrected chi connectivity index (χ0v) is 22.0. The van der Waals surface area contributed by atoms with Gasteiger partial charge in [0, 0.05) is 30.0 Å². The van der Waals surface area contributed by atoms with Crippen LogP contribution in [0.3, 0.4) is 0 Å². The number of halogens is 3. The fraction of sp³-hybridized carbons (Fsp3) is 0.593. The van der Waals surface area contributed by atoms with Crippen LogP contribution in [0.15, 0.2) is 19.7 Å². The number of aromatic nitrogens is 2. The molecule has 3 atom stereocenters. The second kappa shape index (κ2) is 12.1. The number of allylic oxidation sites excluding steroid dienone is 1. The van der Waals surface area contributed by atoms with Crippen molar-refractivity contribution in [2.24, 2.45) is 5.92 Å². The summed E-state index contributed by atoms with van der Waals surface area (Å²) < 4.78 is 47.0. The van der Waals surface area contributed by atoms with Crippen molar-refractivity contribution in [3.8, 4) is 6.01 Å². The molecule has 0 spiro atoms. The van der Waals surface area contributed by atoms with E-state index in [1.807, 2.05) is 21.0 Å². The molecule has 0 bridgehead atoms. The predicted octanol–water partition coefficient (Wildman–Crippen LogP) is 4.81. The van der Waals surface area contributed by atoms with Gasteiger partial charge in [-0.3, -0.25) is 4.79 Å². The Balaban J connectivity index is 1.85. The highest BCUT2D eigenvalue weighted by molar-refractivity contribution is 5.81. The first-order valence-electron chi connectivity index (χ1n) is 12.8. The third-order valence-electron chi connectivity index (χ3n) is 6.79. The minimum absolute atomic E-state index is 0.0340. The summed E-state index contributed by atoms with van der Waals surface area (Å²) in [5, 5.41) is 6.35. The number of ether oxygens (including phenoxy) is 1. The van der Waals surface area contributed by atoms with E-state index in [0.29, 0.717) is 18.5 Å². The molecular weight excluding hydrogens is 483 g/mol. The molecule has 3 unspecified atom stereocenters. The molecule has 1 aromatic rings. The van der Waals surface area contributed by atoms with Crippen LogP contribution < -0.4 is 15.4 Å². The molecule has 3 rings (SSSR count). The standard InChI is InChI=1S/C27H38F3N5O2/c1-7-19(13-14-35(5)6)31-17(4)24-22(8-2)23(16(3)27(28,29)30)33-26(34-24)37-21-12-11-20(15-21)32-25(36)18-9-10-18/h8,18-21,31H,2-4,7,9-15H2,1,5-6H3,(H,32,36). The predicted molar refractivity (Wildman–Crippen MR) is 140 cm³/mol. The van der Waals surface area contributed by atoms with Gasteiger partial charge in [-0.25, -0.2) is 0 Å². The van der Waals surface area contributed by atoms with Crippen molar-refractivity contribution in [3.63, 3.8) is 0 Å². The number of rotatable bonds is 13. The molecule has 7 nitrogen and oxygen atoms in total. The molecule has 2 saturated carbocycles. The first-order chi connectivity index (χ1) is 17.4. The number of hydrogen-bond acceptors (Lipinski definition) is 6. The maximum absolute atomic E-state index is 13.7. The highest BCUT2D eigenvalue weighted by atomic mass is 19.4. The van der Waals surface area contributed by atoms with Crippen molar-refractivity contribution in [1.29, 1.82) is 0 Å². The van der Waals surface area contributed by atoms with Crippen LogP contribution in [0.2, 0.25) is 0 Å². The van der Waals surface area contributed by atoms with Gasteiger partial charge in [-0.2, -0.15) is 23.1 Å². The maximum Gasteiger partial charge on any atom is 0.417 e. The van der Waals surface area contributed by atoms with Crippen molar-refractivity contribution in [3.05, 3.63) is 36.7 Å². The van der Waals surface area contributed by atoms with Crippen LogP contribution in [0.4, 0.5) is 13.2 Å². The Kier molecular flexibility index (Phi) is 9.39. The van der Waals surface area contributed by atoms with Gasteiger partial charge in [0.15, 0.2) is 0 Å². The van der Waals surface area contributed by atoms with Crippen LogP contribution in [0.5, 0.6) is 6.01 Å². The van der Waals surface area contributed by atoms with Gasteiger partial charge in [-0.1, -0.05) is 32.7 Å². The van der Waals surface area contributed by atoms with Crippen molar-refractivity contribution in [2.75, 3.05) is 20.6 Å². The van der Waals surface area contributed by atoms with Crippen molar-refractivity contribution in [2.45, 2.75) is 76.2 Å². The zero-order chi connectivity index (χ0) is 27.3. The van der Waals surface area contributed by atoms with E-state index in [1.54, 1.807) is 0 Å². The van der Waals surface area contributed by atoms with Gasteiger partial charge < -0.3 is 20.3 Å². The maximum atomic E-state index is 13.7.